The number of nitrogens with one attached hydrogen (secondary N) is 2. The number of ether oxygens (including phenoxy) is 1. The van der Waals surface area contributed by atoms with Crippen LogP contribution in [0.2, 0.25) is 0 Å². The lowest BCUT2D eigenvalue weighted by atomic mass is 9.92. The van der Waals surface area contributed by atoms with Gasteiger partial charge in [-0.05, 0) is 39.2 Å². The molecule has 0 aromatic rings. The first-order valence-corrected chi connectivity index (χ1v) is 6.85. The van der Waals surface area contributed by atoms with Crippen molar-refractivity contribution >= 4 is 0 Å². The molecule has 0 radical (unpaired) electrons. The smallest absolute Gasteiger partial charge is 0.0483 e. The molecule has 3 nitrogen and oxygen atoms in total. The van der Waals surface area contributed by atoms with Gasteiger partial charge in [0.2, 0.25) is 0 Å². The molecule has 2 rings (SSSR count). The summed E-state index contributed by atoms with van der Waals surface area (Å²) in [6.07, 6.45) is 7.77. The molecule has 2 N–H and O–H groups in total. The first-order valence-electron chi connectivity index (χ1n) is 6.85. The predicted octanol–water partition coefficient (Wildman–Crippen LogP) is 1.68. The third-order valence-electron chi connectivity index (χ3n) is 4.03. The molecule has 0 spiro atoms. The topological polar surface area (TPSA) is 33.3 Å². The zero-order chi connectivity index (χ0) is 11.3. The Bertz CT molecular complexity index is 194. The van der Waals surface area contributed by atoms with Crippen LogP contribution in [-0.4, -0.2) is 37.9 Å². The Balaban J connectivity index is 1.72. The Morgan fingerprint density at radius 3 is 2.88 bits per heavy atom. The van der Waals surface area contributed by atoms with E-state index in [1.807, 2.05) is 0 Å². The Morgan fingerprint density at radius 1 is 1.25 bits per heavy atom. The average molecular weight is 226 g/mol. The van der Waals surface area contributed by atoms with Gasteiger partial charge in [-0.3, -0.25) is 0 Å². The second kappa shape index (κ2) is 5.99. The van der Waals surface area contributed by atoms with Crippen LogP contribution in [-0.2, 0) is 4.74 Å². The second-order valence-corrected chi connectivity index (χ2v) is 5.55. The summed E-state index contributed by atoms with van der Waals surface area (Å²) in [6, 6.07) is 0.683. The van der Waals surface area contributed by atoms with E-state index in [0.29, 0.717) is 11.6 Å². The van der Waals surface area contributed by atoms with Crippen molar-refractivity contribution < 1.29 is 4.74 Å². The molecule has 3 heteroatoms. The van der Waals surface area contributed by atoms with Crippen LogP contribution in [0.4, 0.5) is 0 Å². The summed E-state index contributed by atoms with van der Waals surface area (Å²) in [5.74, 6) is 0. The molecular formula is C13H26N2O. The maximum absolute atomic E-state index is 5.42. The van der Waals surface area contributed by atoms with E-state index in [2.05, 4.69) is 17.6 Å². The Hall–Kier alpha value is -0.120. The zero-order valence-electron chi connectivity index (χ0n) is 10.6. The van der Waals surface area contributed by atoms with Crippen LogP contribution >= 0.6 is 0 Å². The highest BCUT2D eigenvalue weighted by molar-refractivity contribution is 4.87. The monoisotopic (exact) mass is 226 g/mol. The lowest BCUT2D eigenvalue weighted by molar-refractivity contribution is 0.0444. The lowest BCUT2D eigenvalue weighted by Crippen LogP contribution is -2.51. The van der Waals surface area contributed by atoms with Crippen molar-refractivity contribution in [3.63, 3.8) is 0 Å². The van der Waals surface area contributed by atoms with E-state index >= 15 is 0 Å². The zero-order valence-corrected chi connectivity index (χ0v) is 10.6. The first-order chi connectivity index (χ1) is 7.79. The summed E-state index contributed by atoms with van der Waals surface area (Å²) in [6.45, 7) is 6.50. The Morgan fingerprint density at radius 2 is 2.06 bits per heavy atom. The molecule has 2 heterocycles. The summed E-state index contributed by atoms with van der Waals surface area (Å²) in [5.41, 5.74) is 0.312. The van der Waals surface area contributed by atoms with Gasteiger partial charge in [0.25, 0.3) is 0 Å². The molecule has 2 saturated heterocycles. The molecule has 0 aliphatic carbocycles. The minimum absolute atomic E-state index is 0.312. The van der Waals surface area contributed by atoms with E-state index in [0.717, 1.165) is 32.6 Å². The molecule has 0 saturated carbocycles. The quantitative estimate of drug-likeness (QED) is 0.768. The molecule has 16 heavy (non-hydrogen) atoms. The second-order valence-electron chi connectivity index (χ2n) is 5.55. The van der Waals surface area contributed by atoms with Gasteiger partial charge in [-0.1, -0.05) is 12.8 Å². The normalized spacial score (nSPS) is 30.9. The molecule has 2 aliphatic rings. The molecule has 0 bridgehead atoms. The standard InChI is InChI=1S/C13H26N2O/c1-13(6-9-16-10-7-13)15-11-12-5-3-2-4-8-14-12/h12,14-15H,2-11H2,1H3. The fourth-order valence-electron chi connectivity index (χ4n) is 2.64. The van der Waals surface area contributed by atoms with Gasteiger partial charge in [-0.15, -0.1) is 0 Å². The van der Waals surface area contributed by atoms with Crippen molar-refractivity contribution in [3.8, 4) is 0 Å². The third-order valence-corrected chi connectivity index (χ3v) is 4.03. The third kappa shape index (κ3) is 3.72. The minimum atomic E-state index is 0.312. The summed E-state index contributed by atoms with van der Waals surface area (Å²) < 4.78 is 5.42. The molecule has 0 amide bonds. The highest BCUT2D eigenvalue weighted by atomic mass is 16.5. The van der Waals surface area contributed by atoms with E-state index in [1.54, 1.807) is 0 Å². The summed E-state index contributed by atoms with van der Waals surface area (Å²) in [4.78, 5) is 0. The summed E-state index contributed by atoms with van der Waals surface area (Å²) in [5, 5.41) is 7.40. The van der Waals surface area contributed by atoms with E-state index in [1.165, 1.54) is 32.2 Å². The summed E-state index contributed by atoms with van der Waals surface area (Å²) >= 11 is 0. The first kappa shape index (κ1) is 12.3. The van der Waals surface area contributed by atoms with Gasteiger partial charge in [-0.25, -0.2) is 0 Å². The molecule has 0 aromatic heterocycles. The van der Waals surface area contributed by atoms with Crippen LogP contribution in [0, 0.1) is 0 Å². The van der Waals surface area contributed by atoms with Gasteiger partial charge in [0.15, 0.2) is 0 Å². The Kier molecular flexibility index (Phi) is 4.62. The molecule has 1 unspecified atom stereocenters. The van der Waals surface area contributed by atoms with Gasteiger partial charge >= 0.3 is 0 Å². The maximum Gasteiger partial charge on any atom is 0.0483 e. The number of hydrogen-bond acceptors (Lipinski definition) is 3. The highest BCUT2D eigenvalue weighted by Gasteiger charge is 2.27. The van der Waals surface area contributed by atoms with E-state index in [-0.39, 0.29) is 0 Å². The van der Waals surface area contributed by atoms with Gasteiger partial charge in [0.05, 0.1) is 0 Å². The Labute approximate surface area is 99.3 Å². The molecular weight excluding hydrogens is 200 g/mol. The SMILES string of the molecule is CC1(NCC2CCCCCN2)CCOCC1. The largest absolute Gasteiger partial charge is 0.381 e. The summed E-state index contributed by atoms with van der Waals surface area (Å²) in [7, 11) is 0. The van der Waals surface area contributed by atoms with Crippen molar-refractivity contribution in [2.24, 2.45) is 0 Å². The van der Waals surface area contributed by atoms with Crippen LogP contribution in [0.15, 0.2) is 0 Å². The average Bonchev–Trinajstić information content (AvgIpc) is 2.56. The van der Waals surface area contributed by atoms with Crippen LogP contribution < -0.4 is 10.6 Å². The van der Waals surface area contributed by atoms with Crippen molar-refractivity contribution in [1.82, 2.24) is 10.6 Å². The number of rotatable bonds is 3. The minimum Gasteiger partial charge on any atom is -0.381 e. The fourth-order valence-corrected chi connectivity index (χ4v) is 2.64. The maximum atomic E-state index is 5.42. The van der Waals surface area contributed by atoms with Crippen molar-refractivity contribution in [3.05, 3.63) is 0 Å². The molecule has 0 aromatic carbocycles. The van der Waals surface area contributed by atoms with E-state index in [9.17, 15) is 0 Å². The van der Waals surface area contributed by atoms with E-state index in [4.69, 9.17) is 4.74 Å². The fraction of sp³-hybridized carbons (Fsp3) is 1.00. The molecule has 94 valence electrons. The van der Waals surface area contributed by atoms with Crippen LogP contribution in [0.5, 0.6) is 0 Å². The molecule has 2 aliphatic heterocycles. The van der Waals surface area contributed by atoms with Crippen LogP contribution in [0.3, 0.4) is 0 Å². The van der Waals surface area contributed by atoms with Crippen molar-refractivity contribution in [2.45, 2.75) is 57.0 Å². The van der Waals surface area contributed by atoms with Gasteiger partial charge in [-0.2, -0.15) is 0 Å². The molecule has 2 fully saturated rings. The van der Waals surface area contributed by atoms with Crippen molar-refractivity contribution in [1.29, 1.82) is 0 Å². The van der Waals surface area contributed by atoms with Crippen LogP contribution in [0.1, 0.15) is 45.4 Å². The van der Waals surface area contributed by atoms with Crippen molar-refractivity contribution in [2.75, 3.05) is 26.3 Å². The lowest BCUT2D eigenvalue weighted by Gasteiger charge is -2.36. The van der Waals surface area contributed by atoms with Gasteiger partial charge in [0, 0.05) is 31.3 Å². The highest BCUT2D eigenvalue weighted by Crippen LogP contribution is 2.20. The van der Waals surface area contributed by atoms with Gasteiger partial charge < -0.3 is 15.4 Å². The number of hydrogen-bond donors (Lipinski definition) is 2. The predicted molar refractivity (Wildman–Crippen MR) is 66.7 cm³/mol. The molecule has 1 atom stereocenters. The van der Waals surface area contributed by atoms with Crippen LogP contribution in [0.25, 0.3) is 0 Å². The van der Waals surface area contributed by atoms with E-state index < -0.39 is 0 Å². The van der Waals surface area contributed by atoms with Gasteiger partial charge in [0.1, 0.15) is 0 Å².